The van der Waals surface area contributed by atoms with E-state index in [9.17, 15) is 14.9 Å². The topological polar surface area (TPSA) is 89.5 Å². The molecular formula is C11H15N3O3S. The summed E-state index contributed by atoms with van der Waals surface area (Å²) in [5.74, 6) is 0.243. The zero-order chi connectivity index (χ0) is 13.3. The second kappa shape index (κ2) is 5.03. The molecule has 1 amide bonds. The van der Waals surface area contributed by atoms with Gasteiger partial charge in [-0.05, 0) is 12.3 Å². The fourth-order valence-electron chi connectivity index (χ4n) is 2.00. The van der Waals surface area contributed by atoms with Gasteiger partial charge in [-0.25, -0.2) is 0 Å². The van der Waals surface area contributed by atoms with E-state index in [-0.39, 0.29) is 17.0 Å². The number of nitrogens with two attached hydrogens (primary N) is 1. The molecule has 2 atom stereocenters. The quantitative estimate of drug-likeness (QED) is 0.650. The first-order valence-electron chi connectivity index (χ1n) is 5.77. The first-order chi connectivity index (χ1) is 8.49. The molecule has 2 rings (SSSR count). The molecule has 1 saturated heterocycles. The average molecular weight is 269 g/mol. The number of nitro groups is 1. The summed E-state index contributed by atoms with van der Waals surface area (Å²) < 4.78 is 0. The Kier molecular flexibility index (Phi) is 3.63. The van der Waals surface area contributed by atoms with Gasteiger partial charge in [0.2, 0.25) is 0 Å². The number of piperidine rings is 1. The molecule has 0 aromatic carbocycles. The summed E-state index contributed by atoms with van der Waals surface area (Å²) in [6.07, 6.45) is 0.874. The van der Waals surface area contributed by atoms with E-state index < -0.39 is 4.92 Å². The maximum absolute atomic E-state index is 12.1. The van der Waals surface area contributed by atoms with Crippen LogP contribution >= 0.6 is 11.3 Å². The van der Waals surface area contributed by atoms with E-state index >= 15 is 0 Å². The van der Waals surface area contributed by atoms with Crippen molar-refractivity contribution in [1.29, 1.82) is 0 Å². The minimum absolute atomic E-state index is 0.00646. The largest absolute Gasteiger partial charge is 0.337 e. The van der Waals surface area contributed by atoms with Gasteiger partial charge in [0.25, 0.3) is 5.91 Å². The third-order valence-electron chi connectivity index (χ3n) is 3.32. The molecule has 0 bridgehead atoms. The van der Waals surface area contributed by atoms with E-state index in [0.29, 0.717) is 24.6 Å². The maximum Gasteiger partial charge on any atom is 0.324 e. The molecule has 1 aromatic rings. The third-order valence-corrected chi connectivity index (χ3v) is 4.20. The van der Waals surface area contributed by atoms with E-state index in [4.69, 9.17) is 5.73 Å². The predicted octanol–water partition coefficient (Wildman–Crippen LogP) is 1.47. The Hall–Kier alpha value is -1.47. The summed E-state index contributed by atoms with van der Waals surface area (Å²) in [7, 11) is 0. The van der Waals surface area contributed by atoms with Crippen LogP contribution in [0.5, 0.6) is 0 Å². The first-order valence-corrected chi connectivity index (χ1v) is 6.64. The van der Waals surface area contributed by atoms with Crippen molar-refractivity contribution in [2.24, 2.45) is 11.7 Å². The van der Waals surface area contributed by atoms with Crippen molar-refractivity contribution in [2.45, 2.75) is 19.4 Å². The van der Waals surface area contributed by atoms with E-state index in [1.807, 2.05) is 0 Å². The molecule has 2 N–H and O–H groups in total. The van der Waals surface area contributed by atoms with Crippen LogP contribution in [-0.4, -0.2) is 34.9 Å². The van der Waals surface area contributed by atoms with Crippen molar-refractivity contribution >= 4 is 22.2 Å². The Morgan fingerprint density at radius 3 is 2.94 bits per heavy atom. The number of hydrogen-bond donors (Lipinski definition) is 1. The van der Waals surface area contributed by atoms with Crippen LogP contribution in [0.4, 0.5) is 5.00 Å². The number of rotatable bonds is 2. The van der Waals surface area contributed by atoms with Crippen LogP contribution < -0.4 is 5.73 Å². The molecule has 2 heterocycles. The zero-order valence-corrected chi connectivity index (χ0v) is 10.9. The Morgan fingerprint density at radius 1 is 1.67 bits per heavy atom. The highest BCUT2D eigenvalue weighted by Crippen LogP contribution is 2.25. The highest BCUT2D eigenvalue weighted by Gasteiger charge is 2.28. The van der Waals surface area contributed by atoms with E-state index in [1.54, 1.807) is 4.90 Å². The molecule has 1 aromatic heterocycles. The van der Waals surface area contributed by atoms with Crippen LogP contribution in [0.15, 0.2) is 11.4 Å². The number of amides is 1. The van der Waals surface area contributed by atoms with Crippen molar-refractivity contribution in [3.63, 3.8) is 0 Å². The Bertz CT molecular complexity index is 474. The van der Waals surface area contributed by atoms with E-state index in [0.717, 1.165) is 17.8 Å². The third kappa shape index (κ3) is 2.51. The molecule has 1 aliphatic rings. The van der Waals surface area contributed by atoms with Gasteiger partial charge in [-0.2, -0.15) is 0 Å². The van der Waals surface area contributed by atoms with Crippen LogP contribution in [0.1, 0.15) is 23.7 Å². The van der Waals surface area contributed by atoms with Gasteiger partial charge in [0.15, 0.2) is 0 Å². The van der Waals surface area contributed by atoms with Gasteiger partial charge in [0.1, 0.15) is 0 Å². The fourth-order valence-corrected chi connectivity index (χ4v) is 2.70. The minimum Gasteiger partial charge on any atom is -0.337 e. The average Bonchev–Trinajstić information content (AvgIpc) is 2.81. The van der Waals surface area contributed by atoms with Gasteiger partial charge >= 0.3 is 5.00 Å². The normalized spacial score (nSPS) is 24.0. The molecule has 7 heteroatoms. The summed E-state index contributed by atoms with van der Waals surface area (Å²) in [5.41, 5.74) is 6.32. The molecule has 18 heavy (non-hydrogen) atoms. The number of carbonyl (C=O) groups is 1. The van der Waals surface area contributed by atoms with Gasteiger partial charge in [0, 0.05) is 30.6 Å². The summed E-state index contributed by atoms with van der Waals surface area (Å²) in [6, 6.07) is 1.31. The van der Waals surface area contributed by atoms with Crippen molar-refractivity contribution in [2.75, 3.05) is 13.1 Å². The summed E-state index contributed by atoms with van der Waals surface area (Å²) in [5, 5.41) is 12.1. The van der Waals surface area contributed by atoms with Crippen molar-refractivity contribution in [1.82, 2.24) is 4.90 Å². The highest BCUT2D eigenvalue weighted by atomic mass is 32.1. The van der Waals surface area contributed by atoms with Crippen molar-refractivity contribution < 1.29 is 9.72 Å². The number of nitrogens with zero attached hydrogens (tertiary/aromatic N) is 2. The second-order valence-corrected chi connectivity index (χ2v) is 5.50. The van der Waals surface area contributed by atoms with Gasteiger partial charge in [-0.1, -0.05) is 18.3 Å². The SMILES string of the molecule is CC1CCN(C(=O)c2csc([N+](=O)[O-])c2)CC1N. The lowest BCUT2D eigenvalue weighted by Gasteiger charge is -2.34. The Balaban J connectivity index is 2.09. The lowest BCUT2D eigenvalue weighted by Crippen LogP contribution is -2.49. The molecule has 98 valence electrons. The number of likely N-dealkylation sites (tertiary alicyclic amines) is 1. The fraction of sp³-hybridized carbons (Fsp3) is 0.545. The Morgan fingerprint density at radius 2 is 2.39 bits per heavy atom. The second-order valence-electron chi connectivity index (χ2n) is 4.61. The van der Waals surface area contributed by atoms with Gasteiger partial charge < -0.3 is 10.6 Å². The van der Waals surface area contributed by atoms with Crippen LogP contribution in [0, 0.1) is 16.0 Å². The molecule has 0 saturated carbocycles. The lowest BCUT2D eigenvalue weighted by atomic mass is 9.94. The van der Waals surface area contributed by atoms with Crippen LogP contribution in [0.3, 0.4) is 0 Å². The van der Waals surface area contributed by atoms with Crippen molar-refractivity contribution in [3.8, 4) is 0 Å². The number of thiophene rings is 1. The summed E-state index contributed by atoms with van der Waals surface area (Å²) in [4.78, 5) is 23.9. The van der Waals surface area contributed by atoms with Crippen molar-refractivity contribution in [3.05, 3.63) is 27.1 Å². The molecule has 1 aliphatic heterocycles. The molecular weight excluding hydrogens is 254 g/mol. The van der Waals surface area contributed by atoms with E-state index in [1.165, 1.54) is 11.4 Å². The minimum atomic E-state index is -0.481. The number of carbonyl (C=O) groups excluding carboxylic acids is 1. The molecule has 0 spiro atoms. The molecule has 1 fully saturated rings. The predicted molar refractivity (Wildman–Crippen MR) is 68.6 cm³/mol. The van der Waals surface area contributed by atoms with Gasteiger partial charge in [0.05, 0.1) is 10.5 Å². The maximum atomic E-state index is 12.1. The molecule has 2 unspecified atom stereocenters. The zero-order valence-electron chi connectivity index (χ0n) is 10.0. The molecule has 0 aliphatic carbocycles. The first kappa shape index (κ1) is 13.0. The van der Waals surface area contributed by atoms with E-state index in [2.05, 4.69) is 6.92 Å². The summed E-state index contributed by atoms with van der Waals surface area (Å²) >= 11 is 0.973. The Labute approximate surface area is 109 Å². The summed E-state index contributed by atoms with van der Waals surface area (Å²) in [6.45, 7) is 3.25. The van der Waals surface area contributed by atoms with Crippen LogP contribution in [-0.2, 0) is 0 Å². The van der Waals surface area contributed by atoms with Crippen LogP contribution in [0.2, 0.25) is 0 Å². The number of hydrogen-bond acceptors (Lipinski definition) is 5. The highest BCUT2D eigenvalue weighted by molar-refractivity contribution is 7.13. The van der Waals surface area contributed by atoms with Gasteiger partial charge in [-0.3, -0.25) is 14.9 Å². The molecule has 0 radical (unpaired) electrons. The van der Waals surface area contributed by atoms with Gasteiger partial charge in [-0.15, -0.1) is 0 Å². The monoisotopic (exact) mass is 269 g/mol. The molecule has 6 nitrogen and oxygen atoms in total. The lowest BCUT2D eigenvalue weighted by molar-refractivity contribution is -0.380. The van der Waals surface area contributed by atoms with Crippen LogP contribution in [0.25, 0.3) is 0 Å². The smallest absolute Gasteiger partial charge is 0.324 e. The standard InChI is InChI=1S/C11H15N3O3S/c1-7-2-3-13(5-9(7)12)11(15)8-4-10(14(16)17)18-6-8/h4,6-7,9H,2-3,5,12H2,1H3.